The highest BCUT2D eigenvalue weighted by Crippen LogP contribution is 2.35. The van der Waals surface area contributed by atoms with Crippen molar-refractivity contribution in [3.63, 3.8) is 0 Å². The number of methoxy groups -OCH3 is 1. The maximum atomic E-state index is 5.66. The summed E-state index contributed by atoms with van der Waals surface area (Å²) in [6.07, 6.45) is 1.98. The van der Waals surface area contributed by atoms with Crippen molar-refractivity contribution in [3.8, 4) is 5.75 Å². The number of aliphatic imine (C=N–C) groups is 1. The summed E-state index contributed by atoms with van der Waals surface area (Å²) in [5.41, 5.74) is 3.84. The molecule has 1 fully saturated rings. The van der Waals surface area contributed by atoms with Gasteiger partial charge < -0.3 is 20.1 Å². The van der Waals surface area contributed by atoms with Crippen LogP contribution in [-0.4, -0.2) is 39.4 Å². The van der Waals surface area contributed by atoms with Gasteiger partial charge in [0.25, 0.3) is 0 Å². The van der Waals surface area contributed by atoms with Gasteiger partial charge in [-0.3, -0.25) is 0 Å². The molecule has 1 aliphatic rings. The number of aryl methyl sites for hydroxylation is 1. The molecule has 0 radical (unpaired) electrons. The summed E-state index contributed by atoms with van der Waals surface area (Å²) in [4.78, 5) is 4.80. The van der Waals surface area contributed by atoms with E-state index in [1.54, 1.807) is 7.11 Å². The zero-order valence-corrected chi connectivity index (χ0v) is 17.8. The van der Waals surface area contributed by atoms with Gasteiger partial charge in [0.05, 0.1) is 13.7 Å². The lowest BCUT2D eigenvalue weighted by Crippen LogP contribution is -2.48. The van der Waals surface area contributed by atoms with E-state index in [1.807, 2.05) is 12.1 Å². The summed E-state index contributed by atoms with van der Waals surface area (Å²) in [6, 6.07) is 17.0. The lowest BCUT2D eigenvalue weighted by molar-refractivity contribution is 0.0513. The first-order valence-electron chi connectivity index (χ1n) is 10.5. The van der Waals surface area contributed by atoms with Crippen LogP contribution < -0.4 is 15.4 Å². The third-order valence-electron chi connectivity index (χ3n) is 5.59. The zero-order valence-electron chi connectivity index (χ0n) is 17.8. The molecule has 1 heterocycles. The highest BCUT2D eigenvalue weighted by molar-refractivity contribution is 5.79. The van der Waals surface area contributed by atoms with Crippen LogP contribution in [-0.2, 0) is 16.7 Å². The SMILES string of the molecule is CCNC(=NCc1cccc(C)c1)NCC1(c2ccc(OC)cc2)CCOCC1. The van der Waals surface area contributed by atoms with Gasteiger partial charge in [-0.1, -0.05) is 42.0 Å². The van der Waals surface area contributed by atoms with Gasteiger partial charge in [-0.15, -0.1) is 0 Å². The third-order valence-corrected chi connectivity index (χ3v) is 5.59. The Morgan fingerprint density at radius 1 is 1.10 bits per heavy atom. The maximum Gasteiger partial charge on any atom is 0.191 e. The largest absolute Gasteiger partial charge is 0.497 e. The molecule has 1 aliphatic heterocycles. The van der Waals surface area contributed by atoms with E-state index in [0.29, 0.717) is 6.54 Å². The molecule has 0 saturated carbocycles. The van der Waals surface area contributed by atoms with Gasteiger partial charge in [-0.25, -0.2) is 4.99 Å². The number of hydrogen-bond acceptors (Lipinski definition) is 3. The van der Waals surface area contributed by atoms with Crippen molar-refractivity contribution in [1.29, 1.82) is 0 Å². The van der Waals surface area contributed by atoms with Crippen LogP contribution >= 0.6 is 0 Å². The van der Waals surface area contributed by atoms with E-state index in [0.717, 1.165) is 50.9 Å². The van der Waals surface area contributed by atoms with Crippen molar-refractivity contribution in [2.24, 2.45) is 4.99 Å². The number of nitrogens with one attached hydrogen (secondary N) is 2. The molecule has 3 rings (SSSR count). The maximum absolute atomic E-state index is 5.66. The Morgan fingerprint density at radius 3 is 2.52 bits per heavy atom. The van der Waals surface area contributed by atoms with Crippen LogP contribution in [0.2, 0.25) is 0 Å². The molecule has 0 atom stereocenters. The average molecular weight is 396 g/mol. The molecule has 0 aliphatic carbocycles. The molecule has 2 aromatic rings. The van der Waals surface area contributed by atoms with Crippen molar-refractivity contribution in [3.05, 3.63) is 65.2 Å². The van der Waals surface area contributed by atoms with E-state index in [1.165, 1.54) is 16.7 Å². The Balaban J connectivity index is 1.74. The summed E-state index contributed by atoms with van der Waals surface area (Å²) < 4.78 is 11.0. The fourth-order valence-corrected chi connectivity index (χ4v) is 3.85. The monoisotopic (exact) mass is 395 g/mol. The molecule has 0 bridgehead atoms. The minimum absolute atomic E-state index is 0.0318. The van der Waals surface area contributed by atoms with Gasteiger partial charge in [-0.2, -0.15) is 0 Å². The van der Waals surface area contributed by atoms with E-state index >= 15 is 0 Å². The van der Waals surface area contributed by atoms with Crippen molar-refractivity contribution in [1.82, 2.24) is 10.6 Å². The van der Waals surface area contributed by atoms with Gasteiger partial charge in [0.2, 0.25) is 0 Å². The van der Waals surface area contributed by atoms with E-state index in [4.69, 9.17) is 14.5 Å². The molecule has 1 saturated heterocycles. The molecule has 0 amide bonds. The number of hydrogen-bond donors (Lipinski definition) is 2. The second-order valence-corrected chi connectivity index (χ2v) is 7.66. The second-order valence-electron chi connectivity index (χ2n) is 7.66. The minimum atomic E-state index is 0.0318. The number of guanidine groups is 1. The smallest absolute Gasteiger partial charge is 0.191 e. The van der Waals surface area contributed by atoms with Crippen molar-refractivity contribution >= 4 is 5.96 Å². The van der Waals surface area contributed by atoms with Crippen LogP contribution in [0.4, 0.5) is 0 Å². The summed E-state index contributed by atoms with van der Waals surface area (Å²) in [7, 11) is 1.70. The molecule has 156 valence electrons. The highest BCUT2D eigenvalue weighted by Gasteiger charge is 2.34. The van der Waals surface area contributed by atoms with Crippen molar-refractivity contribution < 1.29 is 9.47 Å². The lowest BCUT2D eigenvalue weighted by Gasteiger charge is -2.38. The van der Waals surface area contributed by atoms with E-state index in [9.17, 15) is 0 Å². The van der Waals surface area contributed by atoms with Crippen LogP contribution in [0.25, 0.3) is 0 Å². The summed E-state index contributed by atoms with van der Waals surface area (Å²) in [6.45, 7) is 8.09. The lowest BCUT2D eigenvalue weighted by atomic mass is 9.74. The Morgan fingerprint density at radius 2 is 1.86 bits per heavy atom. The predicted molar refractivity (Wildman–Crippen MR) is 119 cm³/mol. The summed E-state index contributed by atoms with van der Waals surface area (Å²) in [5, 5.41) is 6.98. The summed E-state index contributed by atoms with van der Waals surface area (Å²) >= 11 is 0. The molecule has 2 N–H and O–H groups in total. The standard InChI is InChI=1S/C24H33N3O2/c1-4-25-23(26-17-20-7-5-6-19(2)16-20)27-18-24(12-14-29-15-13-24)21-8-10-22(28-3)11-9-21/h5-11,16H,4,12-15,17-18H2,1-3H3,(H2,25,26,27). The Hall–Kier alpha value is -2.53. The van der Waals surface area contributed by atoms with Crippen molar-refractivity contribution in [2.75, 3.05) is 33.4 Å². The van der Waals surface area contributed by atoms with Crippen LogP contribution in [0.3, 0.4) is 0 Å². The molecular weight excluding hydrogens is 362 g/mol. The topological polar surface area (TPSA) is 54.9 Å². The highest BCUT2D eigenvalue weighted by atomic mass is 16.5. The molecule has 0 aromatic heterocycles. The molecule has 5 heteroatoms. The fourth-order valence-electron chi connectivity index (χ4n) is 3.85. The van der Waals surface area contributed by atoms with Crippen molar-refractivity contribution in [2.45, 2.75) is 38.6 Å². The second kappa shape index (κ2) is 10.3. The quantitative estimate of drug-likeness (QED) is 0.553. The van der Waals surface area contributed by atoms with Crippen LogP contribution in [0.15, 0.2) is 53.5 Å². The van der Waals surface area contributed by atoms with Crippen LogP contribution in [0, 0.1) is 6.92 Å². The Bertz CT molecular complexity index is 796. The molecule has 0 unspecified atom stereocenters. The van der Waals surface area contributed by atoms with Gasteiger partial charge in [0.1, 0.15) is 5.75 Å². The number of benzene rings is 2. The van der Waals surface area contributed by atoms with E-state index in [2.05, 4.69) is 60.9 Å². The van der Waals surface area contributed by atoms with Gasteiger partial charge in [0.15, 0.2) is 5.96 Å². The fraction of sp³-hybridized carbons (Fsp3) is 0.458. The first-order chi connectivity index (χ1) is 14.1. The number of ether oxygens (including phenoxy) is 2. The van der Waals surface area contributed by atoms with Gasteiger partial charge in [-0.05, 0) is 49.9 Å². The Labute approximate surface area is 174 Å². The molecule has 29 heavy (non-hydrogen) atoms. The molecular formula is C24H33N3O2. The van der Waals surface area contributed by atoms with Crippen LogP contribution in [0.5, 0.6) is 5.75 Å². The number of rotatable bonds is 7. The van der Waals surface area contributed by atoms with Gasteiger partial charge in [0, 0.05) is 31.7 Å². The zero-order chi connectivity index (χ0) is 20.5. The first-order valence-corrected chi connectivity index (χ1v) is 10.5. The van der Waals surface area contributed by atoms with Crippen LogP contribution in [0.1, 0.15) is 36.5 Å². The Kier molecular flexibility index (Phi) is 7.53. The number of nitrogens with zero attached hydrogens (tertiary/aromatic N) is 1. The molecule has 2 aromatic carbocycles. The molecule has 0 spiro atoms. The minimum Gasteiger partial charge on any atom is -0.497 e. The third kappa shape index (κ3) is 5.73. The summed E-state index contributed by atoms with van der Waals surface area (Å²) in [5.74, 6) is 1.74. The van der Waals surface area contributed by atoms with E-state index < -0.39 is 0 Å². The van der Waals surface area contributed by atoms with Gasteiger partial charge >= 0.3 is 0 Å². The molecule has 5 nitrogen and oxygen atoms in total. The average Bonchev–Trinajstić information content (AvgIpc) is 2.76. The first kappa shape index (κ1) is 21.2. The normalized spacial score (nSPS) is 16.3. The predicted octanol–water partition coefficient (Wildman–Crippen LogP) is 3.81. The van der Waals surface area contributed by atoms with E-state index in [-0.39, 0.29) is 5.41 Å².